The third-order valence-corrected chi connectivity index (χ3v) is 0. The Bertz CT molecular complexity index is 30.7. The van der Waals surface area contributed by atoms with E-state index in [2.05, 4.69) is 0 Å². The summed E-state index contributed by atoms with van der Waals surface area (Å²) in [6, 6.07) is 0. The molecule has 4 nitrogen and oxygen atoms in total. The zero-order chi connectivity index (χ0) is 5.41. The number of rotatable bonds is 0. The second-order valence-electron chi connectivity index (χ2n) is 0.197. The average Bonchev–Trinajstić information content (AvgIpc) is 1.39. The molecule has 0 spiro atoms. The summed E-state index contributed by atoms with van der Waals surface area (Å²) in [6.07, 6.45) is 0. The first kappa shape index (κ1) is 15.7. The molecule has 0 aliphatic rings. The molecule has 0 saturated heterocycles. The normalized spacial score (nSPS) is 3.43. The minimum atomic E-state index is -0.250. The number of hydrogen-bond donors (Lipinski definition) is 2. The molecule has 0 unspecified atom stereocenters. The molecular formula is C2H3O4Y-. The van der Waals surface area contributed by atoms with Crippen molar-refractivity contribution in [2.75, 3.05) is 0 Å². The Balaban J connectivity index is -0.0000000400. The predicted molar refractivity (Wildman–Crippen MR) is 17.0 cm³/mol. The maximum atomic E-state index is 8.36. The maximum absolute atomic E-state index is 8.36. The molecule has 0 rings (SSSR count). The van der Waals surface area contributed by atoms with E-state index < -0.39 is 0 Å². The second-order valence-corrected chi connectivity index (χ2v) is 0.197. The van der Waals surface area contributed by atoms with Gasteiger partial charge in [0.1, 0.15) is 0 Å². The number of hydrogen-bond acceptors (Lipinski definition) is 2. The van der Waals surface area contributed by atoms with Gasteiger partial charge >= 0.3 is 0 Å². The Hall–Kier alpha value is 0.0439. The van der Waals surface area contributed by atoms with Crippen LogP contribution in [0.15, 0.2) is 0 Å². The fourth-order valence-corrected chi connectivity index (χ4v) is 0. The SMILES string of the molecule is O=CO.O=[C-]O.[Y]. The molecule has 5 heteroatoms. The predicted octanol–water partition coefficient (Wildman–Crippen LogP) is -0.690. The Morgan fingerprint density at radius 1 is 1.57 bits per heavy atom. The van der Waals surface area contributed by atoms with Crippen molar-refractivity contribution in [3.05, 3.63) is 0 Å². The van der Waals surface area contributed by atoms with Crippen LogP contribution in [0.5, 0.6) is 0 Å². The Morgan fingerprint density at radius 2 is 1.57 bits per heavy atom. The van der Waals surface area contributed by atoms with Crippen LogP contribution < -0.4 is 0 Å². The van der Waals surface area contributed by atoms with Crippen LogP contribution in [0, 0.1) is 0 Å². The Labute approximate surface area is 65.4 Å². The molecule has 0 aromatic heterocycles. The van der Waals surface area contributed by atoms with Gasteiger partial charge in [0.15, 0.2) is 0 Å². The molecule has 0 atom stereocenters. The first-order valence-corrected chi connectivity index (χ1v) is 0.922. The zero-order valence-corrected chi connectivity index (χ0v) is 6.20. The van der Waals surface area contributed by atoms with E-state index in [4.69, 9.17) is 19.8 Å². The third-order valence-electron chi connectivity index (χ3n) is 0. The van der Waals surface area contributed by atoms with Crippen molar-refractivity contribution >= 4 is 12.9 Å². The smallest absolute Gasteiger partial charge is 0.290 e. The monoisotopic (exact) mass is 180 g/mol. The van der Waals surface area contributed by atoms with Gasteiger partial charge in [-0.1, -0.05) is 6.47 Å². The molecule has 0 saturated carbocycles. The van der Waals surface area contributed by atoms with Crippen LogP contribution in [-0.4, -0.2) is 23.2 Å². The fraction of sp³-hybridized carbons (Fsp3) is 0. The van der Waals surface area contributed by atoms with Crippen molar-refractivity contribution in [3.63, 3.8) is 0 Å². The van der Waals surface area contributed by atoms with Crippen LogP contribution in [0.4, 0.5) is 0 Å². The summed E-state index contributed by atoms with van der Waals surface area (Å²) >= 11 is 0. The summed E-state index contributed by atoms with van der Waals surface area (Å²) in [6.45, 7) is 0.250. The van der Waals surface area contributed by atoms with Crippen LogP contribution in [0.3, 0.4) is 0 Å². The molecule has 0 bridgehead atoms. The van der Waals surface area contributed by atoms with Crippen LogP contribution in [0.2, 0.25) is 0 Å². The van der Waals surface area contributed by atoms with E-state index in [-0.39, 0.29) is 39.2 Å². The molecule has 0 aliphatic carbocycles. The van der Waals surface area contributed by atoms with Crippen molar-refractivity contribution in [2.45, 2.75) is 0 Å². The summed E-state index contributed by atoms with van der Waals surface area (Å²) in [7, 11) is 0. The van der Waals surface area contributed by atoms with E-state index in [1.54, 1.807) is 0 Å². The van der Waals surface area contributed by atoms with Crippen LogP contribution >= 0.6 is 0 Å². The van der Waals surface area contributed by atoms with E-state index in [1.165, 1.54) is 0 Å². The molecule has 2 N–H and O–H groups in total. The third kappa shape index (κ3) is 51300. The molecule has 0 aromatic carbocycles. The topological polar surface area (TPSA) is 74.6 Å². The maximum Gasteiger partial charge on any atom is 0.290 e. The van der Waals surface area contributed by atoms with Crippen LogP contribution in [0.25, 0.3) is 0 Å². The quantitative estimate of drug-likeness (QED) is 0.382. The van der Waals surface area contributed by atoms with E-state index in [9.17, 15) is 0 Å². The minimum absolute atomic E-state index is 0. The van der Waals surface area contributed by atoms with Gasteiger partial charge in [0, 0.05) is 32.7 Å². The molecule has 0 amide bonds. The standard InChI is InChI=1S/CH2O2.CHO2.Y/c2*2-1-3;/h1H,(H,2,3);(H,2,3);/q;-1;. The molecule has 1 radical (unpaired) electrons. The van der Waals surface area contributed by atoms with E-state index in [0.29, 0.717) is 6.47 Å². The Morgan fingerprint density at radius 3 is 1.57 bits per heavy atom. The van der Waals surface area contributed by atoms with Crippen molar-refractivity contribution < 1.29 is 52.5 Å². The van der Waals surface area contributed by atoms with Gasteiger partial charge in [-0.05, 0) is 0 Å². The van der Waals surface area contributed by atoms with Crippen molar-refractivity contribution in [2.24, 2.45) is 0 Å². The van der Waals surface area contributed by atoms with Crippen LogP contribution in [0.1, 0.15) is 0 Å². The van der Waals surface area contributed by atoms with Gasteiger partial charge < -0.3 is 15.0 Å². The zero-order valence-electron chi connectivity index (χ0n) is 3.37. The number of carbonyl (C=O) groups is 1. The molecule has 0 aromatic rings. The van der Waals surface area contributed by atoms with Crippen LogP contribution in [-0.2, 0) is 42.3 Å². The first-order chi connectivity index (χ1) is 2.83. The summed E-state index contributed by atoms with van der Waals surface area (Å²) in [5.74, 6) is 0. The molecule has 7 heavy (non-hydrogen) atoms. The summed E-state index contributed by atoms with van der Waals surface area (Å²) in [5.41, 5.74) is 0. The van der Waals surface area contributed by atoms with Gasteiger partial charge in [0.05, 0.1) is 0 Å². The van der Waals surface area contributed by atoms with Crippen molar-refractivity contribution in [1.82, 2.24) is 0 Å². The molecule has 0 fully saturated rings. The van der Waals surface area contributed by atoms with Crippen molar-refractivity contribution in [1.29, 1.82) is 0 Å². The Kier molecular flexibility index (Phi) is 82.7. The van der Waals surface area contributed by atoms with E-state index in [1.807, 2.05) is 0 Å². The largest absolute Gasteiger partial charge is 0.665 e. The second kappa shape index (κ2) is 36.8. The van der Waals surface area contributed by atoms with Gasteiger partial charge in [-0.3, -0.25) is 4.79 Å². The minimum Gasteiger partial charge on any atom is -0.665 e. The molecule has 0 heterocycles. The van der Waals surface area contributed by atoms with Gasteiger partial charge in [-0.25, -0.2) is 0 Å². The molecule has 39 valence electrons. The van der Waals surface area contributed by atoms with Gasteiger partial charge in [-0.2, -0.15) is 0 Å². The average molecular weight is 180 g/mol. The summed E-state index contributed by atoms with van der Waals surface area (Å²) in [5, 5.41) is 13.7. The van der Waals surface area contributed by atoms with Gasteiger partial charge in [0.2, 0.25) is 0 Å². The fourth-order valence-electron chi connectivity index (χ4n) is 0. The number of carboxylic acid groups (broad SMARTS) is 1. The van der Waals surface area contributed by atoms with E-state index >= 15 is 0 Å². The molecular weight excluding hydrogens is 177 g/mol. The number of aliphatic hydroxyl groups excluding tert-OH is 1. The molecule has 0 aliphatic heterocycles. The van der Waals surface area contributed by atoms with E-state index in [0.717, 1.165) is 0 Å². The summed E-state index contributed by atoms with van der Waals surface area (Å²) in [4.78, 5) is 16.6. The summed E-state index contributed by atoms with van der Waals surface area (Å²) < 4.78 is 0. The first-order valence-electron chi connectivity index (χ1n) is 0.922. The van der Waals surface area contributed by atoms with Crippen molar-refractivity contribution in [3.8, 4) is 0 Å². The van der Waals surface area contributed by atoms with Gasteiger partial charge in [0.25, 0.3) is 6.47 Å². The van der Waals surface area contributed by atoms with Gasteiger partial charge in [-0.15, -0.1) is 0 Å².